The topological polar surface area (TPSA) is 149 Å². The molecule has 1 N–H and O–H groups in total. The van der Waals surface area contributed by atoms with Crippen LogP contribution in [0.15, 0.2) is 0 Å². The van der Waals surface area contributed by atoms with Crippen LogP contribution in [-0.2, 0) is 66.3 Å². The lowest BCUT2D eigenvalue weighted by atomic mass is 9.96. The van der Waals surface area contributed by atoms with E-state index in [0.29, 0.717) is 0 Å². The molecule has 15 heteroatoms. The molecule has 0 aliphatic carbocycles. The summed E-state index contributed by atoms with van der Waals surface area (Å²) in [7, 11) is 15.4. The van der Waals surface area contributed by atoms with Gasteiger partial charge in [-0.25, -0.2) is 0 Å². The Morgan fingerprint density at radius 1 is 0.581 bits per heavy atom. The fourth-order valence-corrected chi connectivity index (χ4v) is 5.74. The fraction of sp³-hybridized carbons (Fsp3) is 1.00. The highest BCUT2D eigenvalue weighted by atomic mass is 16.8. The van der Waals surface area contributed by atoms with Gasteiger partial charge in [0.25, 0.3) is 0 Å². The van der Waals surface area contributed by atoms with Crippen molar-refractivity contribution < 1.29 is 71.4 Å². The highest BCUT2D eigenvalue weighted by Crippen LogP contribution is 2.34. The average Bonchev–Trinajstić information content (AvgIpc) is 3.01. The van der Waals surface area contributed by atoms with Gasteiger partial charge in [-0.15, -0.1) is 0 Å². The number of methoxy groups -OCH3 is 10. The van der Waals surface area contributed by atoms with Crippen LogP contribution in [0.1, 0.15) is 6.92 Å². The van der Waals surface area contributed by atoms with Crippen molar-refractivity contribution in [2.75, 3.05) is 90.9 Å². The Balaban J connectivity index is 2.48. The standard InChI is InChI=1S/C28H54O15/c1-15-20(35-7)24(37-9)26(39-11)27(40-15)43-23-19(29)16(12-30-2)41-28(25(23)38-10)42-22(18(34-6)14-32-4)21(36-8)17(33-5)13-31-3/h15-29H,12-14H2,1-11H3/t15-,16+,17-,18+,19+,20-,21-,22+,23-,24+,25+,26+,27-,28-/m0/s1. The predicted molar refractivity (Wildman–Crippen MR) is 150 cm³/mol. The van der Waals surface area contributed by atoms with Gasteiger partial charge < -0.3 is 71.4 Å². The van der Waals surface area contributed by atoms with Gasteiger partial charge in [0.2, 0.25) is 0 Å². The van der Waals surface area contributed by atoms with Crippen LogP contribution in [0, 0.1) is 0 Å². The average molecular weight is 631 g/mol. The highest BCUT2D eigenvalue weighted by Gasteiger charge is 2.53. The Kier molecular flexibility index (Phi) is 17.8. The maximum atomic E-state index is 11.5. The molecule has 0 aromatic carbocycles. The number of hydrogen-bond donors (Lipinski definition) is 1. The van der Waals surface area contributed by atoms with Gasteiger partial charge in [-0.2, -0.15) is 0 Å². The molecule has 2 fully saturated rings. The number of aliphatic hydroxyl groups is 1. The van der Waals surface area contributed by atoms with Crippen molar-refractivity contribution in [3.63, 3.8) is 0 Å². The minimum atomic E-state index is -1.20. The molecule has 0 unspecified atom stereocenters. The lowest BCUT2D eigenvalue weighted by molar-refractivity contribution is -0.373. The van der Waals surface area contributed by atoms with Gasteiger partial charge in [0.15, 0.2) is 12.6 Å². The third-order valence-electron chi connectivity index (χ3n) is 7.94. The van der Waals surface area contributed by atoms with Crippen molar-refractivity contribution in [3.8, 4) is 0 Å². The molecule has 2 rings (SSSR count). The van der Waals surface area contributed by atoms with E-state index in [-0.39, 0.29) is 19.8 Å². The van der Waals surface area contributed by atoms with Gasteiger partial charge in [0, 0.05) is 71.1 Å². The van der Waals surface area contributed by atoms with Crippen molar-refractivity contribution in [1.29, 1.82) is 0 Å². The molecule has 0 aromatic heterocycles. The maximum Gasteiger partial charge on any atom is 0.187 e. The summed E-state index contributed by atoms with van der Waals surface area (Å²) in [6, 6.07) is 0. The molecule has 0 bridgehead atoms. The van der Waals surface area contributed by atoms with E-state index in [2.05, 4.69) is 0 Å². The van der Waals surface area contributed by atoms with E-state index in [1.54, 1.807) is 35.5 Å². The summed E-state index contributed by atoms with van der Waals surface area (Å²) in [5.41, 5.74) is 0. The van der Waals surface area contributed by atoms with Crippen LogP contribution < -0.4 is 0 Å². The SMILES string of the molecule is COC[C@H](OC)[C@H](OC)[C@H](O[C@@H]1O[C@H](COC)[C@@H](O)[C@H](O[C@@H]2O[C@@H](C)[C@H](OC)[C@@H](OC)[C@H]2OC)[C@H]1OC)[C@@H](COC)OC. The van der Waals surface area contributed by atoms with Gasteiger partial charge >= 0.3 is 0 Å². The first-order chi connectivity index (χ1) is 20.7. The second-order valence-electron chi connectivity index (χ2n) is 10.4. The first-order valence-electron chi connectivity index (χ1n) is 14.2. The van der Waals surface area contributed by atoms with Gasteiger partial charge in [0.1, 0.15) is 67.1 Å². The van der Waals surface area contributed by atoms with Gasteiger partial charge in [-0.3, -0.25) is 0 Å². The normalized spacial score (nSPS) is 36.3. The van der Waals surface area contributed by atoms with Crippen LogP contribution in [-0.4, -0.2) is 182 Å². The smallest absolute Gasteiger partial charge is 0.187 e. The summed E-state index contributed by atoms with van der Waals surface area (Å²) in [6.07, 6.45) is -10.8. The van der Waals surface area contributed by atoms with Crippen LogP contribution in [0.4, 0.5) is 0 Å². The van der Waals surface area contributed by atoms with E-state index in [1.165, 1.54) is 35.5 Å². The molecule has 0 radical (unpaired) electrons. The monoisotopic (exact) mass is 630 g/mol. The zero-order valence-electron chi connectivity index (χ0n) is 27.4. The molecule has 2 aliphatic heterocycles. The Bertz CT molecular complexity index is 734. The van der Waals surface area contributed by atoms with Crippen LogP contribution in [0.5, 0.6) is 0 Å². The van der Waals surface area contributed by atoms with E-state index < -0.39 is 85.8 Å². The van der Waals surface area contributed by atoms with Crippen LogP contribution in [0.3, 0.4) is 0 Å². The van der Waals surface area contributed by atoms with Crippen molar-refractivity contribution >= 4 is 0 Å². The van der Waals surface area contributed by atoms with Gasteiger partial charge in [0.05, 0.1) is 25.9 Å². The Hall–Kier alpha value is -0.600. The summed E-state index contributed by atoms with van der Waals surface area (Å²) in [5.74, 6) is 0. The van der Waals surface area contributed by atoms with Crippen LogP contribution >= 0.6 is 0 Å². The number of hydrogen-bond acceptors (Lipinski definition) is 15. The second kappa shape index (κ2) is 19.8. The quantitative estimate of drug-likeness (QED) is 0.186. The molecule has 2 saturated heterocycles. The number of aliphatic hydroxyl groups excluding tert-OH is 1. The largest absolute Gasteiger partial charge is 0.387 e. The van der Waals surface area contributed by atoms with Crippen molar-refractivity contribution in [2.24, 2.45) is 0 Å². The van der Waals surface area contributed by atoms with Gasteiger partial charge in [-0.1, -0.05) is 0 Å². The van der Waals surface area contributed by atoms with Crippen molar-refractivity contribution in [1.82, 2.24) is 0 Å². The maximum absolute atomic E-state index is 11.5. The van der Waals surface area contributed by atoms with E-state index in [1.807, 2.05) is 6.92 Å². The molecule has 256 valence electrons. The lowest BCUT2D eigenvalue weighted by Crippen LogP contribution is -2.66. The summed E-state index contributed by atoms with van der Waals surface area (Å²) in [5, 5.41) is 11.5. The summed E-state index contributed by atoms with van der Waals surface area (Å²) >= 11 is 0. The minimum absolute atomic E-state index is 0.0356. The Morgan fingerprint density at radius 2 is 1.12 bits per heavy atom. The molecular formula is C28H54O15. The third kappa shape index (κ3) is 9.47. The Labute approximate surface area is 255 Å². The first kappa shape index (κ1) is 38.6. The second-order valence-corrected chi connectivity index (χ2v) is 10.4. The molecule has 0 aromatic rings. The minimum Gasteiger partial charge on any atom is -0.387 e. The summed E-state index contributed by atoms with van der Waals surface area (Å²) in [4.78, 5) is 0. The molecular weight excluding hydrogens is 576 g/mol. The Morgan fingerprint density at radius 3 is 1.58 bits per heavy atom. The first-order valence-corrected chi connectivity index (χ1v) is 14.2. The zero-order valence-corrected chi connectivity index (χ0v) is 27.4. The summed E-state index contributed by atoms with van der Waals surface area (Å²) < 4.78 is 81.9. The van der Waals surface area contributed by atoms with Gasteiger partial charge in [-0.05, 0) is 6.92 Å². The van der Waals surface area contributed by atoms with E-state index in [0.717, 1.165) is 0 Å². The molecule has 0 saturated carbocycles. The van der Waals surface area contributed by atoms with Crippen molar-refractivity contribution in [3.05, 3.63) is 0 Å². The molecule has 0 spiro atoms. The zero-order chi connectivity index (χ0) is 32.1. The molecule has 2 heterocycles. The van der Waals surface area contributed by atoms with E-state index in [4.69, 9.17) is 66.3 Å². The van der Waals surface area contributed by atoms with Crippen LogP contribution in [0.25, 0.3) is 0 Å². The lowest BCUT2D eigenvalue weighted by Gasteiger charge is -2.49. The van der Waals surface area contributed by atoms with Crippen molar-refractivity contribution in [2.45, 2.75) is 92.8 Å². The molecule has 0 amide bonds. The number of rotatable bonds is 20. The molecule has 14 atom stereocenters. The molecule has 43 heavy (non-hydrogen) atoms. The van der Waals surface area contributed by atoms with E-state index in [9.17, 15) is 5.11 Å². The van der Waals surface area contributed by atoms with E-state index >= 15 is 0 Å². The number of ether oxygens (including phenoxy) is 14. The predicted octanol–water partition coefficient (Wildman–Crippen LogP) is -0.368. The summed E-state index contributed by atoms with van der Waals surface area (Å²) in [6.45, 7) is 2.26. The molecule has 15 nitrogen and oxygen atoms in total. The van der Waals surface area contributed by atoms with Crippen LogP contribution in [0.2, 0.25) is 0 Å². The fourth-order valence-electron chi connectivity index (χ4n) is 5.74. The molecule has 2 aliphatic rings. The highest BCUT2D eigenvalue weighted by molar-refractivity contribution is 4.96. The third-order valence-corrected chi connectivity index (χ3v) is 7.94.